The summed E-state index contributed by atoms with van der Waals surface area (Å²) < 4.78 is 11.4. The van der Waals surface area contributed by atoms with Crippen molar-refractivity contribution in [1.82, 2.24) is 19.9 Å². The van der Waals surface area contributed by atoms with Gasteiger partial charge in [0.05, 0.1) is 11.6 Å². The number of fused-ring (bicyclic) bond motifs is 4. The van der Waals surface area contributed by atoms with Gasteiger partial charge in [-0.05, 0) is 48.9 Å². The molecule has 1 N–H and O–H groups in total. The maximum absolute atomic E-state index is 5.73. The lowest BCUT2D eigenvalue weighted by molar-refractivity contribution is 0.171. The minimum atomic E-state index is 0.582. The van der Waals surface area contributed by atoms with E-state index >= 15 is 0 Å². The van der Waals surface area contributed by atoms with Crippen LogP contribution in [0.15, 0.2) is 36.8 Å². The Morgan fingerprint density at radius 1 is 1.00 bits per heavy atom. The van der Waals surface area contributed by atoms with E-state index in [1.165, 1.54) is 23.3 Å². The van der Waals surface area contributed by atoms with Gasteiger partial charge in [-0.15, -0.1) is 11.3 Å². The highest BCUT2D eigenvalue weighted by Crippen LogP contribution is 2.39. The van der Waals surface area contributed by atoms with Crippen LogP contribution in [0.1, 0.15) is 28.8 Å². The summed E-state index contributed by atoms with van der Waals surface area (Å²) in [5.74, 6) is 3.06. The van der Waals surface area contributed by atoms with E-state index in [9.17, 15) is 0 Å². The van der Waals surface area contributed by atoms with Crippen LogP contribution >= 0.6 is 11.3 Å². The van der Waals surface area contributed by atoms with Crippen LogP contribution in [0.4, 0.5) is 5.82 Å². The summed E-state index contributed by atoms with van der Waals surface area (Å²) in [5.41, 5.74) is 3.20. The highest BCUT2D eigenvalue weighted by Gasteiger charge is 2.22. The van der Waals surface area contributed by atoms with Crippen LogP contribution in [0.5, 0.6) is 11.5 Å². The number of thiophene rings is 1. The fourth-order valence-corrected chi connectivity index (χ4v) is 5.46. The van der Waals surface area contributed by atoms with Crippen LogP contribution < -0.4 is 14.8 Å². The van der Waals surface area contributed by atoms with Crippen molar-refractivity contribution in [3.63, 3.8) is 0 Å². The van der Waals surface area contributed by atoms with Gasteiger partial charge in [-0.1, -0.05) is 6.07 Å². The molecule has 6 rings (SSSR count). The summed E-state index contributed by atoms with van der Waals surface area (Å²) in [5, 5.41) is 4.73. The van der Waals surface area contributed by atoms with Crippen LogP contribution in [-0.2, 0) is 19.4 Å². The number of benzene rings is 1. The largest absolute Gasteiger partial charge is 0.486 e. The van der Waals surface area contributed by atoms with Gasteiger partial charge >= 0.3 is 0 Å². The first kappa shape index (κ1) is 18.5. The van der Waals surface area contributed by atoms with Gasteiger partial charge in [0.25, 0.3) is 0 Å². The van der Waals surface area contributed by atoms with E-state index in [-0.39, 0.29) is 0 Å². The zero-order valence-electron chi connectivity index (χ0n) is 16.9. The summed E-state index contributed by atoms with van der Waals surface area (Å²) >= 11 is 1.79. The molecule has 0 radical (unpaired) electrons. The van der Waals surface area contributed by atoms with Crippen LogP contribution in [0.2, 0.25) is 0 Å². The third-order valence-electron chi connectivity index (χ3n) is 5.67. The number of aryl methyl sites for hydroxylation is 2. The van der Waals surface area contributed by atoms with Crippen LogP contribution in [0, 0.1) is 0 Å². The SMILES string of the molecule is c1cnc(-c2nc(NCc3ccc4c(c3)OCCO4)c3c4c(sc3n2)CCCC4)cn1. The van der Waals surface area contributed by atoms with Gasteiger partial charge in [0.15, 0.2) is 17.3 Å². The molecule has 0 unspecified atom stereocenters. The molecule has 156 valence electrons. The molecule has 0 saturated heterocycles. The van der Waals surface area contributed by atoms with E-state index < -0.39 is 0 Å². The number of ether oxygens (including phenoxy) is 2. The molecule has 0 atom stereocenters. The minimum absolute atomic E-state index is 0.582. The fourth-order valence-electron chi connectivity index (χ4n) is 4.20. The Hall–Kier alpha value is -3.26. The molecule has 0 amide bonds. The highest BCUT2D eigenvalue weighted by atomic mass is 32.1. The van der Waals surface area contributed by atoms with Gasteiger partial charge in [0.1, 0.15) is 29.6 Å². The van der Waals surface area contributed by atoms with Crippen molar-refractivity contribution in [3.05, 3.63) is 52.8 Å². The second kappa shape index (κ2) is 7.77. The Labute approximate surface area is 183 Å². The van der Waals surface area contributed by atoms with Gasteiger partial charge < -0.3 is 14.8 Å². The topological polar surface area (TPSA) is 82.1 Å². The van der Waals surface area contributed by atoms with E-state index in [0.717, 1.165) is 45.9 Å². The average Bonchev–Trinajstić information content (AvgIpc) is 3.21. The van der Waals surface area contributed by atoms with E-state index in [0.29, 0.717) is 31.3 Å². The average molecular weight is 432 g/mol. The van der Waals surface area contributed by atoms with Crippen molar-refractivity contribution in [3.8, 4) is 23.0 Å². The van der Waals surface area contributed by atoms with Gasteiger partial charge in [0.2, 0.25) is 0 Å². The summed E-state index contributed by atoms with van der Waals surface area (Å²) in [7, 11) is 0. The Morgan fingerprint density at radius 3 is 2.81 bits per heavy atom. The summed E-state index contributed by atoms with van der Waals surface area (Å²) in [4.78, 5) is 20.8. The third-order valence-corrected chi connectivity index (χ3v) is 6.86. The molecule has 8 heteroatoms. The van der Waals surface area contributed by atoms with Crippen molar-refractivity contribution in [2.24, 2.45) is 0 Å². The lowest BCUT2D eigenvalue weighted by Crippen LogP contribution is -2.15. The van der Waals surface area contributed by atoms with Crippen molar-refractivity contribution in [2.75, 3.05) is 18.5 Å². The number of rotatable bonds is 4. The summed E-state index contributed by atoms with van der Waals surface area (Å²) in [6.07, 6.45) is 9.70. The minimum Gasteiger partial charge on any atom is -0.486 e. The molecule has 0 saturated carbocycles. The number of hydrogen-bond acceptors (Lipinski definition) is 8. The van der Waals surface area contributed by atoms with Gasteiger partial charge in [-0.3, -0.25) is 4.98 Å². The quantitative estimate of drug-likeness (QED) is 0.512. The molecule has 0 spiro atoms. The predicted octanol–water partition coefficient (Wildman–Crippen LogP) is 4.41. The van der Waals surface area contributed by atoms with Crippen molar-refractivity contribution in [1.29, 1.82) is 0 Å². The van der Waals surface area contributed by atoms with Crippen molar-refractivity contribution < 1.29 is 9.47 Å². The molecular formula is C23H21N5O2S. The predicted molar refractivity (Wildman–Crippen MR) is 120 cm³/mol. The molecule has 7 nitrogen and oxygen atoms in total. The van der Waals surface area contributed by atoms with E-state index in [1.54, 1.807) is 29.9 Å². The maximum atomic E-state index is 5.73. The van der Waals surface area contributed by atoms with Gasteiger partial charge in [0, 0.05) is 23.8 Å². The molecule has 4 aromatic rings. The Kier molecular flexibility index (Phi) is 4.64. The number of anilines is 1. The zero-order valence-corrected chi connectivity index (χ0v) is 17.7. The first-order valence-corrected chi connectivity index (χ1v) is 11.4. The first-order chi connectivity index (χ1) is 15.3. The van der Waals surface area contributed by atoms with Crippen molar-refractivity contribution >= 4 is 27.4 Å². The Bertz CT molecular complexity index is 1260. The molecule has 1 aliphatic carbocycles. The van der Waals surface area contributed by atoms with Crippen LogP contribution in [0.25, 0.3) is 21.7 Å². The van der Waals surface area contributed by atoms with Crippen molar-refractivity contribution in [2.45, 2.75) is 32.2 Å². The molecule has 3 aromatic heterocycles. The van der Waals surface area contributed by atoms with Gasteiger partial charge in [-0.25, -0.2) is 15.0 Å². The number of nitrogens with one attached hydrogen (secondary N) is 1. The Balaban J connectivity index is 1.39. The summed E-state index contributed by atoms with van der Waals surface area (Å²) in [6, 6.07) is 6.07. The number of aromatic nitrogens is 4. The Morgan fingerprint density at radius 2 is 1.90 bits per heavy atom. The second-order valence-electron chi connectivity index (χ2n) is 7.71. The number of hydrogen-bond donors (Lipinski definition) is 1. The monoisotopic (exact) mass is 431 g/mol. The van der Waals surface area contributed by atoms with E-state index in [2.05, 4.69) is 21.4 Å². The molecule has 1 aromatic carbocycles. The molecule has 31 heavy (non-hydrogen) atoms. The lowest BCUT2D eigenvalue weighted by atomic mass is 9.97. The molecule has 0 fully saturated rings. The molecular weight excluding hydrogens is 410 g/mol. The maximum Gasteiger partial charge on any atom is 0.183 e. The molecule has 1 aliphatic heterocycles. The molecule has 2 aliphatic rings. The normalized spacial score (nSPS) is 15.0. The standard InChI is InChI=1S/C23H21N5O2S/c1-2-4-19-15(3-1)20-22(26-12-14-5-6-17-18(11-14)30-10-9-29-17)27-21(28-23(20)31-19)16-13-24-7-8-25-16/h5-8,11,13H,1-4,9-10,12H2,(H,26,27,28). The van der Waals surface area contributed by atoms with E-state index in [4.69, 9.17) is 19.4 Å². The van der Waals surface area contributed by atoms with Crippen LogP contribution in [0.3, 0.4) is 0 Å². The molecule has 4 heterocycles. The molecule has 0 bridgehead atoms. The fraction of sp³-hybridized carbons (Fsp3) is 0.304. The van der Waals surface area contributed by atoms with E-state index in [1.807, 2.05) is 12.1 Å². The second-order valence-corrected chi connectivity index (χ2v) is 8.79. The zero-order chi connectivity index (χ0) is 20.6. The highest BCUT2D eigenvalue weighted by molar-refractivity contribution is 7.19. The summed E-state index contributed by atoms with van der Waals surface area (Å²) in [6.45, 7) is 1.81. The first-order valence-electron chi connectivity index (χ1n) is 10.6. The van der Waals surface area contributed by atoms with Gasteiger partial charge in [-0.2, -0.15) is 0 Å². The number of nitrogens with zero attached hydrogens (tertiary/aromatic N) is 4. The van der Waals surface area contributed by atoms with Crippen LogP contribution in [-0.4, -0.2) is 33.1 Å². The lowest BCUT2D eigenvalue weighted by Gasteiger charge is -2.19. The third kappa shape index (κ3) is 3.46. The smallest absolute Gasteiger partial charge is 0.183 e.